The first-order valence-electron chi connectivity index (χ1n) is 5.96. The van der Waals surface area contributed by atoms with Crippen molar-refractivity contribution in [2.45, 2.75) is 32.9 Å². The maximum absolute atomic E-state index is 11.6. The van der Waals surface area contributed by atoms with Crippen LogP contribution >= 0.6 is 0 Å². The topological polar surface area (TPSA) is 123 Å². The molecule has 1 amide bonds. The Balaban J connectivity index is 2.40. The monoisotopic (exact) mass is 280 g/mol. The second-order valence-corrected chi connectivity index (χ2v) is 4.69. The van der Waals surface area contributed by atoms with Gasteiger partial charge in [-0.1, -0.05) is 13.8 Å². The van der Waals surface area contributed by atoms with E-state index in [0.29, 0.717) is 0 Å². The molecule has 1 atom stereocenters. The molecular weight excluding hydrogens is 264 g/mol. The third-order valence-corrected chi connectivity index (χ3v) is 2.83. The number of ether oxygens (including phenoxy) is 1. The number of aromatic nitrogens is 4. The summed E-state index contributed by atoms with van der Waals surface area (Å²) >= 11 is 0. The van der Waals surface area contributed by atoms with E-state index in [9.17, 15) is 9.59 Å². The van der Waals surface area contributed by atoms with Crippen LogP contribution in [0.3, 0.4) is 0 Å². The van der Waals surface area contributed by atoms with E-state index < -0.39 is 24.0 Å². The van der Waals surface area contributed by atoms with Gasteiger partial charge in [-0.25, -0.2) is 4.68 Å². The first-order valence-corrected chi connectivity index (χ1v) is 5.96. The Bertz CT molecular complexity index is 507. The molecular formula is C11H16N6O3. The van der Waals surface area contributed by atoms with Crippen LogP contribution in [0.2, 0.25) is 0 Å². The number of carbonyl (C=O) groups excluding carboxylic acids is 2. The van der Waals surface area contributed by atoms with Crippen molar-refractivity contribution in [3.63, 3.8) is 0 Å². The van der Waals surface area contributed by atoms with E-state index in [2.05, 4.69) is 20.8 Å². The van der Waals surface area contributed by atoms with Crippen LogP contribution in [0, 0.1) is 17.2 Å². The fraction of sp³-hybridized carbons (Fsp3) is 0.636. The van der Waals surface area contributed by atoms with Crippen LogP contribution in [0.5, 0.6) is 0 Å². The molecule has 1 heterocycles. The van der Waals surface area contributed by atoms with E-state index in [4.69, 9.17) is 10.00 Å². The van der Waals surface area contributed by atoms with Crippen molar-refractivity contribution in [3.05, 3.63) is 6.33 Å². The second-order valence-electron chi connectivity index (χ2n) is 4.69. The molecule has 108 valence electrons. The number of carbonyl (C=O) groups is 2. The molecule has 9 nitrogen and oxygen atoms in total. The van der Waals surface area contributed by atoms with Gasteiger partial charge < -0.3 is 10.1 Å². The average Bonchev–Trinajstić information content (AvgIpc) is 2.88. The molecule has 0 saturated carbocycles. The first kappa shape index (κ1) is 15.6. The van der Waals surface area contributed by atoms with Crippen molar-refractivity contribution in [3.8, 4) is 6.07 Å². The molecule has 1 N–H and O–H groups in total. The Morgan fingerprint density at radius 3 is 2.75 bits per heavy atom. The molecule has 0 bridgehead atoms. The SMILES string of the molecule is CC(C)[C@@](C)(C#N)NC(=O)COC(=O)Cn1cnnn1. The maximum Gasteiger partial charge on any atom is 0.328 e. The molecule has 9 heteroatoms. The van der Waals surface area contributed by atoms with Gasteiger partial charge in [0.05, 0.1) is 6.07 Å². The van der Waals surface area contributed by atoms with Gasteiger partial charge in [0.25, 0.3) is 5.91 Å². The normalized spacial score (nSPS) is 13.3. The number of hydrogen-bond acceptors (Lipinski definition) is 7. The third-order valence-electron chi connectivity index (χ3n) is 2.83. The zero-order valence-corrected chi connectivity index (χ0v) is 11.5. The Morgan fingerprint density at radius 2 is 2.25 bits per heavy atom. The van der Waals surface area contributed by atoms with E-state index in [0.717, 1.165) is 0 Å². The van der Waals surface area contributed by atoms with Crippen LogP contribution in [-0.4, -0.2) is 44.2 Å². The number of hydrogen-bond donors (Lipinski definition) is 1. The minimum absolute atomic E-state index is 0.0756. The molecule has 0 unspecified atom stereocenters. The summed E-state index contributed by atoms with van der Waals surface area (Å²) in [5.74, 6) is -1.25. The largest absolute Gasteiger partial charge is 0.454 e. The van der Waals surface area contributed by atoms with E-state index in [1.807, 2.05) is 19.9 Å². The molecule has 0 saturated heterocycles. The molecule has 20 heavy (non-hydrogen) atoms. The van der Waals surface area contributed by atoms with Gasteiger partial charge in [-0.3, -0.25) is 9.59 Å². The minimum atomic E-state index is -1.00. The average molecular weight is 280 g/mol. The molecule has 1 aromatic rings. The number of amides is 1. The van der Waals surface area contributed by atoms with Gasteiger partial charge in [0, 0.05) is 0 Å². The van der Waals surface area contributed by atoms with E-state index in [-0.39, 0.29) is 12.5 Å². The highest BCUT2D eigenvalue weighted by Gasteiger charge is 2.30. The number of tetrazole rings is 1. The Morgan fingerprint density at radius 1 is 1.55 bits per heavy atom. The number of nitrogens with one attached hydrogen (secondary N) is 1. The summed E-state index contributed by atoms with van der Waals surface area (Å²) in [4.78, 5) is 23.0. The zero-order chi connectivity index (χ0) is 15.2. The van der Waals surface area contributed by atoms with Crippen molar-refractivity contribution in [1.82, 2.24) is 25.5 Å². The predicted octanol–water partition coefficient (Wildman–Crippen LogP) is -0.729. The lowest BCUT2D eigenvalue weighted by atomic mass is 9.90. The van der Waals surface area contributed by atoms with Crippen LogP contribution in [0.1, 0.15) is 20.8 Å². The number of nitriles is 1. The lowest BCUT2D eigenvalue weighted by Crippen LogP contribution is -2.50. The maximum atomic E-state index is 11.6. The summed E-state index contributed by atoms with van der Waals surface area (Å²) in [7, 11) is 0. The summed E-state index contributed by atoms with van der Waals surface area (Å²) in [5.41, 5.74) is -1.00. The fourth-order valence-corrected chi connectivity index (χ4v) is 1.20. The minimum Gasteiger partial charge on any atom is -0.454 e. The quantitative estimate of drug-likeness (QED) is 0.681. The van der Waals surface area contributed by atoms with E-state index >= 15 is 0 Å². The van der Waals surface area contributed by atoms with Gasteiger partial charge in [0.1, 0.15) is 18.4 Å². The summed E-state index contributed by atoms with van der Waals surface area (Å²) in [5, 5.41) is 21.8. The van der Waals surface area contributed by atoms with Crippen molar-refractivity contribution < 1.29 is 14.3 Å². The van der Waals surface area contributed by atoms with Crippen LogP contribution < -0.4 is 5.32 Å². The number of esters is 1. The highest BCUT2D eigenvalue weighted by Crippen LogP contribution is 2.14. The van der Waals surface area contributed by atoms with Crippen LogP contribution in [0.4, 0.5) is 0 Å². The summed E-state index contributed by atoms with van der Waals surface area (Å²) < 4.78 is 5.94. The van der Waals surface area contributed by atoms with Gasteiger partial charge >= 0.3 is 5.97 Å². The second kappa shape index (κ2) is 6.60. The van der Waals surface area contributed by atoms with Gasteiger partial charge in [0.2, 0.25) is 0 Å². The van der Waals surface area contributed by atoms with Crippen molar-refractivity contribution in [2.75, 3.05) is 6.61 Å². The van der Waals surface area contributed by atoms with Crippen LogP contribution in [0.25, 0.3) is 0 Å². The molecule has 0 aliphatic heterocycles. The Labute approximate surface area is 115 Å². The van der Waals surface area contributed by atoms with Gasteiger partial charge in [-0.2, -0.15) is 5.26 Å². The van der Waals surface area contributed by atoms with Gasteiger partial charge in [-0.05, 0) is 23.3 Å². The highest BCUT2D eigenvalue weighted by molar-refractivity contribution is 5.81. The lowest BCUT2D eigenvalue weighted by molar-refractivity contribution is -0.149. The molecule has 1 aromatic heterocycles. The van der Waals surface area contributed by atoms with E-state index in [1.54, 1.807) is 6.92 Å². The number of nitrogens with zero attached hydrogens (tertiary/aromatic N) is 5. The Kier molecular flexibility index (Phi) is 5.14. The van der Waals surface area contributed by atoms with Crippen molar-refractivity contribution >= 4 is 11.9 Å². The highest BCUT2D eigenvalue weighted by atomic mass is 16.5. The Hall–Kier alpha value is -2.50. The van der Waals surface area contributed by atoms with Gasteiger partial charge in [0.15, 0.2) is 6.61 Å². The van der Waals surface area contributed by atoms with Gasteiger partial charge in [-0.15, -0.1) is 5.10 Å². The third kappa shape index (κ3) is 4.31. The molecule has 1 rings (SSSR count). The summed E-state index contributed by atoms with van der Waals surface area (Å²) in [6.45, 7) is 4.60. The molecule has 0 aromatic carbocycles. The first-order chi connectivity index (χ1) is 9.37. The molecule has 0 radical (unpaired) electrons. The zero-order valence-electron chi connectivity index (χ0n) is 11.5. The molecule has 0 aliphatic carbocycles. The predicted molar refractivity (Wildman–Crippen MR) is 65.8 cm³/mol. The van der Waals surface area contributed by atoms with Crippen molar-refractivity contribution in [1.29, 1.82) is 5.26 Å². The van der Waals surface area contributed by atoms with Crippen LogP contribution in [0.15, 0.2) is 6.33 Å². The summed E-state index contributed by atoms with van der Waals surface area (Å²) in [6, 6.07) is 2.03. The molecule has 0 spiro atoms. The smallest absolute Gasteiger partial charge is 0.328 e. The molecule has 0 aliphatic rings. The summed E-state index contributed by atoms with van der Waals surface area (Å²) in [6.07, 6.45) is 1.26. The number of rotatable bonds is 6. The van der Waals surface area contributed by atoms with Crippen molar-refractivity contribution in [2.24, 2.45) is 5.92 Å². The standard InChI is InChI=1S/C11H16N6O3/c1-8(2)11(3,6-12)14-9(18)5-20-10(19)4-17-7-13-15-16-17/h7-8H,4-5H2,1-3H3,(H,14,18)/t11-/m1/s1. The van der Waals surface area contributed by atoms with E-state index in [1.165, 1.54) is 11.0 Å². The molecule has 0 fully saturated rings. The van der Waals surface area contributed by atoms with Crippen LogP contribution in [-0.2, 0) is 20.9 Å². The fourth-order valence-electron chi connectivity index (χ4n) is 1.20. The lowest BCUT2D eigenvalue weighted by Gasteiger charge is -2.27.